The van der Waals surface area contributed by atoms with Crippen LogP contribution in [0, 0.1) is 0 Å². The Bertz CT molecular complexity index is 702. The number of carbonyl (C=O) groups is 1. The molecular formula is C19H25N5O2. The molecule has 0 aliphatic carbocycles. The van der Waals surface area contributed by atoms with Crippen molar-refractivity contribution >= 4 is 18.2 Å². The third-order valence-electron chi connectivity index (χ3n) is 4.38. The van der Waals surface area contributed by atoms with Gasteiger partial charge in [-0.25, -0.2) is 4.98 Å². The molecule has 0 atom stereocenters. The number of nitrogens with zero attached hydrogens (tertiary/aromatic N) is 4. The van der Waals surface area contributed by atoms with E-state index in [0.717, 1.165) is 49.5 Å². The number of benzene rings is 1. The molecule has 0 bridgehead atoms. The molecule has 2 heterocycles. The highest BCUT2D eigenvalue weighted by molar-refractivity contribution is 5.65. The Morgan fingerprint density at radius 2 is 1.92 bits per heavy atom. The van der Waals surface area contributed by atoms with Crippen LogP contribution < -0.4 is 10.2 Å². The summed E-state index contributed by atoms with van der Waals surface area (Å²) in [4.78, 5) is 24.3. The number of nitrogens with one attached hydrogen (secondary N) is 1. The first kappa shape index (κ1) is 18.1. The van der Waals surface area contributed by atoms with Crippen molar-refractivity contribution in [3.05, 3.63) is 36.4 Å². The monoisotopic (exact) mass is 355 g/mol. The summed E-state index contributed by atoms with van der Waals surface area (Å²) in [5, 5.41) is 3.29. The molecule has 0 radical (unpaired) electrons. The maximum Gasteiger partial charge on any atom is 0.225 e. The predicted octanol–water partition coefficient (Wildman–Crippen LogP) is 1.87. The van der Waals surface area contributed by atoms with Crippen LogP contribution in [0.15, 0.2) is 36.4 Å². The van der Waals surface area contributed by atoms with E-state index >= 15 is 0 Å². The van der Waals surface area contributed by atoms with Crippen molar-refractivity contribution in [1.29, 1.82) is 0 Å². The zero-order valence-corrected chi connectivity index (χ0v) is 15.1. The average molecular weight is 355 g/mol. The van der Waals surface area contributed by atoms with E-state index in [1.54, 1.807) is 12.0 Å². The highest BCUT2D eigenvalue weighted by Crippen LogP contribution is 2.24. The summed E-state index contributed by atoms with van der Waals surface area (Å²) in [6.45, 7) is 4.42. The van der Waals surface area contributed by atoms with Crippen LogP contribution in [-0.2, 0) is 9.53 Å². The molecule has 1 aliphatic rings. The van der Waals surface area contributed by atoms with Crippen molar-refractivity contribution in [2.45, 2.75) is 6.42 Å². The number of hydrogen-bond acceptors (Lipinski definition) is 6. The maximum atomic E-state index is 10.9. The largest absolute Gasteiger partial charge is 0.385 e. The quantitative estimate of drug-likeness (QED) is 0.576. The lowest BCUT2D eigenvalue weighted by Gasteiger charge is -2.33. The second kappa shape index (κ2) is 9.15. The van der Waals surface area contributed by atoms with E-state index in [9.17, 15) is 4.79 Å². The fourth-order valence-electron chi connectivity index (χ4n) is 2.91. The fraction of sp³-hybridized carbons (Fsp3) is 0.421. The van der Waals surface area contributed by atoms with Gasteiger partial charge in [-0.05, 0) is 6.42 Å². The Hall–Kier alpha value is -2.67. The summed E-state index contributed by atoms with van der Waals surface area (Å²) >= 11 is 0. The van der Waals surface area contributed by atoms with E-state index in [1.807, 2.05) is 36.4 Å². The molecule has 1 aromatic carbocycles. The number of amides is 1. The molecule has 0 saturated carbocycles. The number of anilines is 2. The highest BCUT2D eigenvalue weighted by atomic mass is 16.5. The number of piperazine rings is 1. The SMILES string of the molecule is COCCCNc1nc(-c2ccccc2)cc(N2CCN(C=O)CC2)n1. The number of methoxy groups -OCH3 is 1. The van der Waals surface area contributed by atoms with E-state index in [0.29, 0.717) is 25.6 Å². The molecule has 2 aromatic rings. The molecule has 1 fully saturated rings. The lowest BCUT2D eigenvalue weighted by molar-refractivity contribution is -0.118. The first-order chi connectivity index (χ1) is 12.8. The van der Waals surface area contributed by atoms with Crippen molar-refractivity contribution in [2.75, 3.05) is 56.7 Å². The summed E-state index contributed by atoms with van der Waals surface area (Å²) in [6, 6.07) is 12.1. The normalized spacial score (nSPS) is 14.3. The van der Waals surface area contributed by atoms with Crippen LogP contribution in [0.5, 0.6) is 0 Å². The molecule has 7 nitrogen and oxygen atoms in total. The number of rotatable bonds is 8. The molecule has 1 N–H and O–H groups in total. The van der Waals surface area contributed by atoms with Crippen molar-refractivity contribution < 1.29 is 9.53 Å². The molecule has 1 aromatic heterocycles. The van der Waals surface area contributed by atoms with Crippen LogP contribution in [0.3, 0.4) is 0 Å². The Balaban J connectivity index is 1.81. The minimum Gasteiger partial charge on any atom is -0.385 e. The lowest BCUT2D eigenvalue weighted by atomic mass is 10.1. The van der Waals surface area contributed by atoms with Gasteiger partial charge in [-0.3, -0.25) is 4.79 Å². The maximum absolute atomic E-state index is 10.9. The zero-order chi connectivity index (χ0) is 18.2. The van der Waals surface area contributed by atoms with Crippen LogP contribution >= 0.6 is 0 Å². The van der Waals surface area contributed by atoms with Crippen LogP contribution in [0.25, 0.3) is 11.3 Å². The highest BCUT2D eigenvalue weighted by Gasteiger charge is 2.18. The first-order valence-corrected chi connectivity index (χ1v) is 8.92. The molecule has 7 heteroatoms. The predicted molar refractivity (Wildman–Crippen MR) is 102 cm³/mol. The molecule has 1 saturated heterocycles. The smallest absolute Gasteiger partial charge is 0.225 e. The summed E-state index contributed by atoms with van der Waals surface area (Å²) in [7, 11) is 1.70. The van der Waals surface area contributed by atoms with Gasteiger partial charge in [0.2, 0.25) is 12.4 Å². The molecule has 0 unspecified atom stereocenters. The minimum absolute atomic E-state index is 0.621. The molecule has 3 rings (SSSR count). The van der Waals surface area contributed by atoms with Crippen LogP contribution in [-0.4, -0.2) is 67.7 Å². The van der Waals surface area contributed by atoms with Gasteiger partial charge in [-0.2, -0.15) is 4.98 Å². The van der Waals surface area contributed by atoms with Crippen molar-refractivity contribution in [3.8, 4) is 11.3 Å². The van der Waals surface area contributed by atoms with Crippen molar-refractivity contribution in [3.63, 3.8) is 0 Å². The topological polar surface area (TPSA) is 70.6 Å². The number of aromatic nitrogens is 2. The third-order valence-corrected chi connectivity index (χ3v) is 4.38. The van der Waals surface area contributed by atoms with Crippen LogP contribution in [0.2, 0.25) is 0 Å². The van der Waals surface area contributed by atoms with Gasteiger partial charge in [0.15, 0.2) is 0 Å². The van der Waals surface area contributed by atoms with Crippen LogP contribution in [0.4, 0.5) is 11.8 Å². The minimum atomic E-state index is 0.621. The van der Waals surface area contributed by atoms with Gasteiger partial charge in [0.1, 0.15) is 5.82 Å². The van der Waals surface area contributed by atoms with E-state index in [1.165, 1.54) is 0 Å². The van der Waals surface area contributed by atoms with Gasteiger partial charge in [0.05, 0.1) is 5.69 Å². The van der Waals surface area contributed by atoms with Crippen molar-refractivity contribution in [2.24, 2.45) is 0 Å². The Kier molecular flexibility index (Phi) is 6.38. The van der Waals surface area contributed by atoms with Gasteiger partial charge in [-0.1, -0.05) is 30.3 Å². The van der Waals surface area contributed by atoms with Gasteiger partial charge in [0.25, 0.3) is 0 Å². The fourth-order valence-corrected chi connectivity index (χ4v) is 2.91. The summed E-state index contributed by atoms with van der Waals surface area (Å²) in [5.41, 5.74) is 1.95. The Morgan fingerprint density at radius 1 is 1.15 bits per heavy atom. The molecule has 26 heavy (non-hydrogen) atoms. The lowest BCUT2D eigenvalue weighted by Crippen LogP contribution is -2.46. The second-order valence-corrected chi connectivity index (χ2v) is 6.20. The number of carbonyl (C=O) groups excluding carboxylic acids is 1. The number of hydrogen-bond donors (Lipinski definition) is 1. The molecule has 1 aliphatic heterocycles. The van der Waals surface area contributed by atoms with Gasteiger partial charge in [-0.15, -0.1) is 0 Å². The molecule has 1 amide bonds. The number of ether oxygens (including phenoxy) is 1. The van der Waals surface area contributed by atoms with Gasteiger partial charge >= 0.3 is 0 Å². The zero-order valence-electron chi connectivity index (χ0n) is 15.1. The van der Waals surface area contributed by atoms with Gasteiger partial charge in [0, 0.05) is 58.1 Å². The van der Waals surface area contributed by atoms with E-state index in [4.69, 9.17) is 4.74 Å². The second-order valence-electron chi connectivity index (χ2n) is 6.20. The average Bonchev–Trinajstić information content (AvgIpc) is 2.72. The first-order valence-electron chi connectivity index (χ1n) is 8.92. The van der Waals surface area contributed by atoms with Crippen molar-refractivity contribution in [1.82, 2.24) is 14.9 Å². The standard InChI is InChI=1S/C19H25N5O2/c1-26-13-5-8-20-19-21-17(16-6-3-2-4-7-16)14-18(22-19)24-11-9-23(15-25)10-12-24/h2-4,6-7,14-15H,5,8-13H2,1H3,(H,20,21,22). The molecular weight excluding hydrogens is 330 g/mol. The Labute approximate surface area is 154 Å². The molecule has 0 spiro atoms. The summed E-state index contributed by atoms with van der Waals surface area (Å²) in [5.74, 6) is 1.51. The third kappa shape index (κ3) is 4.70. The van der Waals surface area contributed by atoms with E-state index in [2.05, 4.69) is 20.2 Å². The summed E-state index contributed by atoms with van der Waals surface area (Å²) < 4.78 is 5.09. The van der Waals surface area contributed by atoms with Crippen LogP contribution in [0.1, 0.15) is 6.42 Å². The van der Waals surface area contributed by atoms with E-state index < -0.39 is 0 Å². The summed E-state index contributed by atoms with van der Waals surface area (Å²) in [6.07, 6.45) is 1.80. The van der Waals surface area contributed by atoms with E-state index in [-0.39, 0.29) is 0 Å². The van der Waals surface area contributed by atoms with Gasteiger partial charge < -0.3 is 19.9 Å². The molecule has 138 valence electrons. The Morgan fingerprint density at radius 3 is 2.62 bits per heavy atom.